The van der Waals surface area contributed by atoms with Crippen molar-refractivity contribution in [2.45, 2.75) is 18.3 Å². The molecule has 0 amide bonds. The minimum atomic E-state index is -0.169. The van der Waals surface area contributed by atoms with E-state index in [1.807, 2.05) is 12.1 Å². The molecule has 126 valence electrons. The zero-order valence-electron chi connectivity index (χ0n) is 14.4. The molecule has 0 heterocycles. The lowest BCUT2D eigenvalue weighted by Crippen LogP contribution is -2.38. The molecular formula is C22H20O3. The summed E-state index contributed by atoms with van der Waals surface area (Å²) in [5, 5.41) is 0. The van der Waals surface area contributed by atoms with Crippen LogP contribution in [0.2, 0.25) is 0 Å². The van der Waals surface area contributed by atoms with Crippen LogP contribution in [0.3, 0.4) is 0 Å². The number of hydrogen-bond donors (Lipinski definition) is 0. The van der Waals surface area contributed by atoms with Crippen molar-refractivity contribution in [2.75, 3.05) is 14.2 Å². The smallest absolute Gasteiger partial charge is 0.334 e. The highest BCUT2D eigenvalue weighted by atomic mass is 16.5. The molecule has 2 bridgehead atoms. The Kier molecular flexibility index (Phi) is 3.08. The van der Waals surface area contributed by atoms with Crippen molar-refractivity contribution in [3.63, 3.8) is 0 Å². The number of allylic oxidation sites excluding steroid dienone is 1. The van der Waals surface area contributed by atoms with Crippen molar-refractivity contribution in [3.05, 3.63) is 70.8 Å². The molecule has 1 saturated carbocycles. The lowest BCUT2D eigenvalue weighted by molar-refractivity contribution is -0.137. The van der Waals surface area contributed by atoms with Crippen molar-refractivity contribution < 1.29 is 14.3 Å². The Morgan fingerprint density at radius 3 is 2.16 bits per heavy atom. The normalized spacial score (nSPS) is 28.2. The van der Waals surface area contributed by atoms with Gasteiger partial charge in [0.15, 0.2) is 0 Å². The third kappa shape index (κ3) is 1.84. The van der Waals surface area contributed by atoms with Gasteiger partial charge in [0.1, 0.15) is 5.75 Å². The lowest BCUT2D eigenvalue weighted by Gasteiger charge is -2.44. The second kappa shape index (κ2) is 5.22. The van der Waals surface area contributed by atoms with Crippen LogP contribution in [-0.2, 0) is 9.53 Å². The molecule has 4 atom stereocenters. The first-order valence-corrected chi connectivity index (χ1v) is 8.80. The van der Waals surface area contributed by atoms with Crippen LogP contribution < -0.4 is 4.74 Å². The first kappa shape index (κ1) is 14.8. The number of ether oxygens (including phenoxy) is 2. The number of hydrogen-bond acceptors (Lipinski definition) is 3. The number of rotatable bonds is 3. The summed E-state index contributed by atoms with van der Waals surface area (Å²) >= 11 is 0. The van der Waals surface area contributed by atoms with E-state index in [-0.39, 0.29) is 5.97 Å². The quantitative estimate of drug-likeness (QED) is 0.792. The Morgan fingerprint density at radius 1 is 0.920 bits per heavy atom. The molecule has 3 nitrogen and oxygen atoms in total. The lowest BCUT2D eigenvalue weighted by atomic mass is 9.58. The van der Waals surface area contributed by atoms with Gasteiger partial charge in [0, 0.05) is 11.5 Å². The fraction of sp³-hybridized carbons (Fsp3) is 0.318. The van der Waals surface area contributed by atoms with Gasteiger partial charge in [0.25, 0.3) is 0 Å². The van der Waals surface area contributed by atoms with Crippen LogP contribution in [0, 0.1) is 11.8 Å². The van der Waals surface area contributed by atoms with E-state index in [9.17, 15) is 4.79 Å². The standard InChI is InChI=1S/C22H20O3/c1-24-13-9-7-12(8-10-13)18-19-16-11-17(15-6-4-3-5-14(15)16)20(19)21(18)22(23)25-2/h3-10,16-17,19-20H,11H2,1-2H3. The van der Waals surface area contributed by atoms with Gasteiger partial charge in [-0.3, -0.25) is 0 Å². The number of esters is 1. The molecule has 3 heteroatoms. The van der Waals surface area contributed by atoms with Gasteiger partial charge in [-0.25, -0.2) is 4.79 Å². The predicted octanol–water partition coefficient (Wildman–Crippen LogP) is 4.15. The van der Waals surface area contributed by atoms with E-state index < -0.39 is 0 Å². The number of carbonyl (C=O) groups excluding carboxylic acids is 1. The largest absolute Gasteiger partial charge is 0.497 e. The molecule has 2 aromatic rings. The zero-order valence-corrected chi connectivity index (χ0v) is 14.4. The van der Waals surface area contributed by atoms with Crippen LogP contribution in [0.25, 0.3) is 5.57 Å². The van der Waals surface area contributed by atoms with Gasteiger partial charge >= 0.3 is 5.97 Å². The van der Waals surface area contributed by atoms with Gasteiger partial charge in [0.2, 0.25) is 0 Å². The molecule has 3 aliphatic rings. The molecular weight excluding hydrogens is 312 g/mol. The predicted molar refractivity (Wildman–Crippen MR) is 95.5 cm³/mol. The van der Waals surface area contributed by atoms with Gasteiger partial charge in [-0.05, 0) is 58.6 Å². The van der Waals surface area contributed by atoms with Crippen LogP contribution in [0.15, 0.2) is 54.1 Å². The fourth-order valence-corrected chi connectivity index (χ4v) is 5.39. The first-order valence-electron chi connectivity index (χ1n) is 8.80. The van der Waals surface area contributed by atoms with Gasteiger partial charge < -0.3 is 9.47 Å². The van der Waals surface area contributed by atoms with Crippen LogP contribution >= 0.6 is 0 Å². The molecule has 1 fully saturated rings. The van der Waals surface area contributed by atoms with E-state index in [4.69, 9.17) is 9.47 Å². The minimum Gasteiger partial charge on any atom is -0.497 e. The van der Waals surface area contributed by atoms with E-state index in [0.717, 1.165) is 23.3 Å². The van der Waals surface area contributed by atoms with E-state index in [0.29, 0.717) is 23.7 Å². The maximum atomic E-state index is 12.5. The molecule has 0 radical (unpaired) electrons. The molecule has 0 spiro atoms. The van der Waals surface area contributed by atoms with Crippen molar-refractivity contribution in [2.24, 2.45) is 11.8 Å². The maximum Gasteiger partial charge on any atom is 0.334 e. The third-order valence-electron chi connectivity index (χ3n) is 6.32. The summed E-state index contributed by atoms with van der Waals surface area (Å²) in [5.74, 6) is 2.39. The van der Waals surface area contributed by atoms with Crippen molar-refractivity contribution in [3.8, 4) is 5.75 Å². The summed E-state index contributed by atoms with van der Waals surface area (Å²) in [5.41, 5.74) is 6.10. The zero-order chi connectivity index (χ0) is 17.1. The average molecular weight is 332 g/mol. The fourth-order valence-electron chi connectivity index (χ4n) is 5.39. The van der Waals surface area contributed by atoms with Gasteiger partial charge in [-0.2, -0.15) is 0 Å². The number of fused-ring (bicyclic) bond motifs is 8. The van der Waals surface area contributed by atoms with E-state index in [1.54, 1.807) is 7.11 Å². The highest BCUT2D eigenvalue weighted by molar-refractivity contribution is 6.04. The van der Waals surface area contributed by atoms with Crippen molar-refractivity contribution in [1.82, 2.24) is 0 Å². The average Bonchev–Trinajstić information content (AvgIpc) is 3.15. The van der Waals surface area contributed by atoms with Crippen LogP contribution in [0.1, 0.15) is 34.9 Å². The number of methoxy groups -OCH3 is 2. The highest BCUT2D eigenvalue weighted by Crippen LogP contribution is 2.70. The minimum absolute atomic E-state index is 0.169. The Bertz CT molecular complexity index is 894. The third-order valence-corrected chi connectivity index (χ3v) is 6.32. The Balaban J connectivity index is 1.63. The molecule has 2 aromatic carbocycles. The maximum absolute atomic E-state index is 12.5. The summed E-state index contributed by atoms with van der Waals surface area (Å²) in [6.07, 6.45) is 1.15. The van der Waals surface area contributed by atoms with Crippen LogP contribution in [-0.4, -0.2) is 20.2 Å². The Labute approximate surface area is 147 Å². The molecule has 25 heavy (non-hydrogen) atoms. The topological polar surface area (TPSA) is 35.5 Å². The molecule has 3 aliphatic carbocycles. The number of benzene rings is 2. The SMILES string of the molecule is COC(=O)C1=C(c2ccc(OC)cc2)C2C3CC(c4ccccc43)C12. The summed E-state index contributed by atoms with van der Waals surface area (Å²) in [7, 11) is 3.15. The van der Waals surface area contributed by atoms with Gasteiger partial charge in [-0.15, -0.1) is 0 Å². The first-order chi connectivity index (χ1) is 12.2. The van der Waals surface area contributed by atoms with Crippen molar-refractivity contribution >= 4 is 11.5 Å². The van der Waals surface area contributed by atoms with Crippen molar-refractivity contribution in [1.29, 1.82) is 0 Å². The summed E-state index contributed by atoms with van der Waals surface area (Å²) in [6, 6.07) is 16.8. The molecule has 0 aromatic heterocycles. The summed E-state index contributed by atoms with van der Waals surface area (Å²) < 4.78 is 10.4. The van der Waals surface area contributed by atoms with Gasteiger partial charge in [0.05, 0.1) is 14.2 Å². The summed E-state index contributed by atoms with van der Waals surface area (Å²) in [6.45, 7) is 0. The summed E-state index contributed by atoms with van der Waals surface area (Å²) in [4.78, 5) is 12.5. The van der Waals surface area contributed by atoms with E-state index in [1.165, 1.54) is 23.8 Å². The molecule has 0 aliphatic heterocycles. The second-order valence-electron chi connectivity index (χ2n) is 7.18. The van der Waals surface area contributed by atoms with Gasteiger partial charge in [-0.1, -0.05) is 36.4 Å². The molecule has 4 unspecified atom stereocenters. The molecule has 0 saturated heterocycles. The highest BCUT2D eigenvalue weighted by Gasteiger charge is 2.60. The monoisotopic (exact) mass is 332 g/mol. The number of carbonyl (C=O) groups is 1. The van der Waals surface area contributed by atoms with Crippen LogP contribution in [0.4, 0.5) is 0 Å². The Hall–Kier alpha value is -2.55. The van der Waals surface area contributed by atoms with E-state index >= 15 is 0 Å². The Morgan fingerprint density at radius 2 is 1.56 bits per heavy atom. The van der Waals surface area contributed by atoms with Crippen LogP contribution in [0.5, 0.6) is 5.75 Å². The molecule has 5 rings (SSSR count). The second-order valence-corrected chi connectivity index (χ2v) is 7.18. The van der Waals surface area contributed by atoms with E-state index in [2.05, 4.69) is 36.4 Å². The molecule has 0 N–H and O–H groups in total.